The second kappa shape index (κ2) is 1.91. The maximum atomic E-state index is 12.9. The fraction of sp³-hybridized carbons (Fsp3) is 1.00. The zero-order chi connectivity index (χ0) is 7.99. The van der Waals surface area contributed by atoms with E-state index in [-0.39, 0.29) is 6.42 Å². The molecule has 0 aliphatic carbocycles. The van der Waals surface area contributed by atoms with Crippen molar-refractivity contribution >= 4 is 0 Å². The molecule has 1 heterocycles. The van der Waals surface area contributed by atoms with Gasteiger partial charge in [-0.15, -0.1) is 0 Å². The molecule has 0 aromatic carbocycles. The maximum Gasteiger partial charge on any atom is 0.266 e. The lowest BCUT2D eigenvalue weighted by molar-refractivity contribution is -0.0725. The van der Waals surface area contributed by atoms with E-state index < -0.39 is 11.5 Å². The Hall–Kier alpha value is -0.180. The Bertz CT molecular complexity index is 143. The summed E-state index contributed by atoms with van der Waals surface area (Å²) in [4.78, 5) is 1.70. The zero-order valence-electron chi connectivity index (χ0n) is 6.62. The standard InChI is InChI=1S/C7H13F2N/c1-6(2)7(8,9)4-5-10(6)3/h4-5H2,1-3H3. The Morgan fingerprint density at radius 1 is 1.30 bits per heavy atom. The van der Waals surface area contributed by atoms with Crippen LogP contribution in [0.5, 0.6) is 0 Å². The minimum Gasteiger partial charge on any atom is -0.296 e. The topological polar surface area (TPSA) is 3.24 Å². The fourth-order valence-electron chi connectivity index (χ4n) is 1.17. The van der Waals surface area contributed by atoms with Crippen molar-refractivity contribution in [2.75, 3.05) is 13.6 Å². The number of alkyl halides is 2. The molecule has 1 fully saturated rings. The first-order valence-corrected chi connectivity index (χ1v) is 3.47. The number of halogens is 2. The molecule has 0 unspecified atom stereocenters. The first-order valence-electron chi connectivity index (χ1n) is 3.47. The zero-order valence-corrected chi connectivity index (χ0v) is 6.62. The van der Waals surface area contributed by atoms with Gasteiger partial charge < -0.3 is 0 Å². The second-order valence-electron chi connectivity index (χ2n) is 3.44. The minimum atomic E-state index is -2.51. The van der Waals surface area contributed by atoms with Gasteiger partial charge in [-0.25, -0.2) is 8.78 Å². The van der Waals surface area contributed by atoms with Crippen molar-refractivity contribution in [3.8, 4) is 0 Å². The van der Waals surface area contributed by atoms with Crippen LogP contribution in [0.2, 0.25) is 0 Å². The molecule has 10 heavy (non-hydrogen) atoms. The average molecular weight is 149 g/mol. The van der Waals surface area contributed by atoms with Gasteiger partial charge in [0.2, 0.25) is 0 Å². The summed E-state index contributed by atoms with van der Waals surface area (Å²) in [7, 11) is 1.74. The Kier molecular flexibility index (Phi) is 1.51. The molecule has 0 aromatic rings. The molecule has 0 radical (unpaired) electrons. The van der Waals surface area contributed by atoms with Gasteiger partial charge >= 0.3 is 0 Å². The fourth-order valence-corrected chi connectivity index (χ4v) is 1.17. The summed E-state index contributed by atoms with van der Waals surface area (Å²) in [5.41, 5.74) is -0.951. The van der Waals surface area contributed by atoms with E-state index in [1.54, 1.807) is 25.8 Å². The lowest BCUT2D eigenvalue weighted by Gasteiger charge is -2.32. The highest BCUT2D eigenvalue weighted by molar-refractivity contribution is 4.99. The summed E-state index contributed by atoms with van der Waals surface area (Å²) < 4.78 is 25.9. The molecule has 0 saturated carbocycles. The van der Waals surface area contributed by atoms with Crippen LogP contribution in [0.3, 0.4) is 0 Å². The lowest BCUT2D eigenvalue weighted by Crippen LogP contribution is -2.46. The Morgan fingerprint density at radius 2 is 1.80 bits per heavy atom. The Morgan fingerprint density at radius 3 is 1.90 bits per heavy atom. The monoisotopic (exact) mass is 149 g/mol. The number of rotatable bonds is 0. The third kappa shape index (κ3) is 0.839. The van der Waals surface area contributed by atoms with Crippen LogP contribution in [0.4, 0.5) is 8.78 Å². The summed E-state index contributed by atoms with van der Waals surface area (Å²) in [5.74, 6) is -2.51. The Labute approximate surface area is 60.0 Å². The molecule has 0 aromatic heterocycles. The van der Waals surface area contributed by atoms with Gasteiger partial charge in [0, 0.05) is 13.0 Å². The average Bonchev–Trinajstić information content (AvgIpc) is 1.94. The molecule has 0 N–H and O–H groups in total. The van der Waals surface area contributed by atoms with Crippen molar-refractivity contribution in [2.45, 2.75) is 31.7 Å². The molecule has 1 aliphatic heterocycles. The molecule has 1 rings (SSSR count). The van der Waals surface area contributed by atoms with Gasteiger partial charge in [-0.05, 0) is 20.9 Å². The quantitative estimate of drug-likeness (QED) is 0.507. The molecule has 0 atom stereocenters. The molecule has 1 saturated heterocycles. The first kappa shape index (κ1) is 7.92. The molecule has 60 valence electrons. The van der Waals surface area contributed by atoms with E-state index in [0.717, 1.165) is 0 Å². The molecule has 0 amide bonds. The van der Waals surface area contributed by atoms with Gasteiger partial charge in [0.15, 0.2) is 0 Å². The highest BCUT2D eigenvalue weighted by atomic mass is 19.3. The highest BCUT2D eigenvalue weighted by Crippen LogP contribution is 2.41. The molecule has 0 spiro atoms. The summed E-state index contributed by atoms with van der Waals surface area (Å²) >= 11 is 0. The van der Waals surface area contributed by atoms with Crippen LogP contribution in [0.15, 0.2) is 0 Å². The van der Waals surface area contributed by atoms with Crippen LogP contribution in [-0.4, -0.2) is 30.0 Å². The normalized spacial score (nSPS) is 30.9. The van der Waals surface area contributed by atoms with E-state index >= 15 is 0 Å². The second-order valence-corrected chi connectivity index (χ2v) is 3.44. The van der Waals surface area contributed by atoms with Gasteiger partial charge in [0.25, 0.3) is 5.92 Å². The number of hydrogen-bond donors (Lipinski definition) is 0. The summed E-state index contributed by atoms with van der Waals surface area (Å²) in [6, 6.07) is 0. The number of hydrogen-bond acceptors (Lipinski definition) is 1. The van der Waals surface area contributed by atoms with E-state index in [9.17, 15) is 8.78 Å². The van der Waals surface area contributed by atoms with Gasteiger partial charge in [-0.1, -0.05) is 0 Å². The molecular weight excluding hydrogens is 136 g/mol. The molecule has 1 nitrogen and oxygen atoms in total. The minimum absolute atomic E-state index is 0.00347. The SMILES string of the molecule is CN1CCC(F)(F)C1(C)C. The van der Waals surface area contributed by atoms with Gasteiger partial charge in [-0.2, -0.15) is 0 Å². The lowest BCUT2D eigenvalue weighted by atomic mass is 9.98. The molecule has 3 heteroatoms. The maximum absolute atomic E-state index is 12.9. The molecule has 1 aliphatic rings. The van der Waals surface area contributed by atoms with E-state index in [1.165, 1.54) is 0 Å². The molecular formula is C7H13F2N. The van der Waals surface area contributed by atoms with Crippen molar-refractivity contribution in [1.82, 2.24) is 4.90 Å². The van der Waals surface area contributed by atoms with Crippen LogP contribution in [0.25, 0.3) is 0 Å². The predicted molar refractivity (Wildman–Crippen MR) is 36.3 cm³/mol. The summed E-state index contributed by atoms with van der Waals surface area (Å²) in [6.07, 6.45) is -0.00347. The van der Waals surface area contributed by atoms with Crippen molar-refractivity contribution in [3.63, 3.8) is 0 Å². The van der Waals surface area contributed by atoms with E-state index in [0.29, 0.717) is 6.54 Å². The van der Waals surface area contributed by atoms with Crippen LogP contribution in [0.1, 0.15) is 20.3 Å². The van der Waals surface area contributed by atoms with Gasteiger partial charge in [-0.3, -0.25) is 4.90 Å². The first-order chi connectivity index (χ1) is 4.38. The largest absolute Gasteiger partial charge is 0.296 e. The van der Waals surface area contributed by atoms with E-state index in [2.05, 4.69) is 0 Å². The van der Waals surface area contributed by atoms with Crippen molar-refractivity contribution in [2.24, 2.45) is 0 Å². The summed E-state index contributed by atoms with van der Waals surface area (Å²) in [5, 5.41) is 0. The van der Waals surface area contributed by atoms with Gasteiger partial charge in [0.05, 0.1) is 5.54 Å². The van der Waals surface area contributed by atoms with E-state index in [4.69, 9.17) is 0 Å². The van der Waals surface area contributed by atoms with E-state index in [1.807, 2.05) is 0 Å². The van der Waals surface area contributed by atoms with Crippen LogP contribution in [0, 0.1) is 0 Å². The number of nitrogens with zero attached hydrogens (tertiary/aromatic N) is 1. The highest BCUT2D eigenvalue weighted by Gasteiger charge is 2.53. The summed E-state index contributed by atoms with van der Waals surface area (Å²) in [6.45, 7) is 3.67. The number of likely N-dealkylation sites (tertiary alicyclic amines) is 1. The van der Waals surface area contributed by atoms with Gasteiger partial charge in [0.1, 0.15) is 0 Å². The third-order valence-electron chi connectivity index (χ3n) is 2.61. The van der Waals surface area contributed by atoms with Crippen LogP contribution in [-0.2, 0) is 0 Å². The predicted octanol–water partition coefficient (Wildman–Crippen LogP) is 1.74. The third-order valence-corrected chi connectivity index (χ3v) is 2.61. The van der Waals surface area contributed by atoms with Crippen molar-refractivity contribution < 1.29 is 8.78 Å². The Balaban J connectivity index is 2.84. The van der Waals surface area contributed by atoms with Crippen molar-refractivity contribution in [1.29, 1.82) is 0 Å². The van der Waals surface area contributed by atoms with Crippen molar-refractivity contribution in [3.05, 3.63) is 0 Å². The smallest absolute Gasteiger partial charge is 0.266 e. The molecule has 0 bridgehead atoms. The van der Waals surface area contributed by atoms with Crippen LogP contribution < -0.4 is 0 Å². The van der Waals surface area contributed by atoms with Crippen LogP contribution >= 0.6 is 0 Å².